The number of nitrogens with zero attached hydrogens (tertiary/aromatic N) is 1. The van der Waals surface area contributed by atoms with Crippen molar-refractivity contribution in [3.05, 3.63) is 28.5 Å². The summed E-state index contributed by atoms with van der Waals surface area (Å²) in [6, 6.07) is 4.31. The van der Waals surface area contributed by atoms with Gasteiger partial charge in [-0.05, 0) is 41.1 Å². The quantitative estimate of drug-likeness (QED) is 0.923. The molecule has 0 radical (unpaired) electrons. The van der Waals surface area contributed by atoms with E-state index in [0.717, 1.165) is 4.47 Å². The fraction of sp³-hybridized carbons (Fsp3) is 0.364. The van der Waals surface area contributed by atoms with Crippen molar-refractivity contribution in [3.63, 3.8) is 0 Å². The van der Waals surface area contributed by atoms with Crippen LogP contribution in [0.1, 0.15) is 6.92 Å². The molecule has 0 aliphatic heterocycles. The minimum Gasteiger partial charge on any atom is -0.375 e. The molecule has 0 atom stereocenters. The highest BCUT2D eigenvalue weighted by atomic mass is 79.9. The third-order valence-electron chi connectivity index (χ3n) is 2.26. The molecule has 1 rings (SSSR count). The fourth-order valence-electron chi connectivity index (χ4n) is 1.12. The minimum absolute atomic E-state index is 0.0290. The van der Waals surface area contributed by atoms with Crippen molar-refractivity contribution in [2.24, 2.45) is 0 Å². The molecule has 3 nitrogen and oxygen atoms in total. The highest BCUT2D eigenvalue weighted by Gasteiger charge is 2.07. The lowest BCUT2D eigenvalue weighted by Gasteiger charge is -2.15. The fourth-order valence-corrected chi connectivity index (χ4v) is 1.50. The van der Waals surface area contributed by atoms with Gasteiger partial charge in [-0.2, -0.15) is 0 Å². The Hall–Kier alpha value is -1.10. The van der Waals surface area contributed by atoms with Crippen LogP contribution in [0.3, 0.4) is 0 Å². The van der Waals surface area contributed by atoms with Gasteiger partial charge in [0, 0.05) is 18.1 Å². The second kappa shape index (κ2) is 5.84. The molecule has 88 valence electrons. The molecule has 0 spiro atoms. The van der Waals surface area contributed by atoms with E-state index in [1.54, 1.807) is 18.0 Å². The van der Waals surface area contributed by atoms with Gasteiger partial charge in [0.25, 0.3) is 0 Å². The van der Waals surface area contributed by atoms with E-state index in [4.69, 9.17) is 0 Å². The molecular weight excluding hydrogens is 275 g/mol. The van der Waals surface area contributed by atoms with E-state index in [0.29, 0.717) is 12.2 Å². The smallest absolute Gasteiger partial charge is 0.241 e. The number of hydrogen-bond donors (Lipinski definition) is 1. The maximum absolute atomic E-state index is 12.9. The number of carbonyl (C=O) groups excluding carboxylic acids is 1. The summed E-state index contributed by atoms with van der Waals surface area (Å²) in [4.78, 5) is 13.1. The van der Waals surface area contributed by atoms with Crippen LogP contribution in [-0.2, 0) is 4.79 Å². The number of carbonyl (C=O) groups is 1. The van der Waals surface area contributed by atoms with E-state index < -0.39 is 0 Å². The van der Waals surface area contributed by atoms with Crippen LogP contribution in [-0.4, -0.2) is 30.9 Å². The van der Waals surface area contributed by atoms with Gasteiger partial charge < -0.3 is 10.2 Å². The van der Waals surface area contributed by atoms with Gasteiger partial charge in [0.1, 0.15) is 5.82 Å². The molecule has 0 saturated heterocycles. The summed E-state index contributed by atoms with van der Waals surface area (Å²) in [7, 11) is 1.73. The molecule has 1 aromatic rings. The van der Waals surface area contributed by atoms with Crippen LogP contribution in [0.2, 0.25) is 0 Å². The molecule has 1 N–H and O–H groups in total. The van der Waals surface area contributed by atoms with Gasteiger partial charge >= 0.3 is 0 Å². The zero-order valence-corrected chi connectivity index (χ0v) is 10.8. The van der Waals surface area contributed by atoms with Crippen molar-refractivity contribution < 1.29 is 9.18 Å². The van der Waals surface area contributed by atoms with Gasteiger partial charge in [0.2, 0.25) is 5.91 Å². The Labute approximate surface area is 103 Å². The Morgan fingerprint density at radius 1 is 1.56 bits per heavy atom. The second-order valence-corrected chi connectivity index (χ2v) is 4.24. The molecule has 16 heavy (non-hydrogen) atoms. The van der Waals surface area contributed by atoms with Gasteiger partial charge in [0.15, 0.2) is 0 Å². The van der Waals surface area contributed by atoms with Crippen LogP contribution in [0.15, 0.2) is 22.7 Å². The van der Waals surface area contributed by atoms with Crippen molar-refractivity contribution in [2.75, 3.05) is 25.5 Å². The maximum atomic E-state index is 12.9. The summed E-state index contributed by atoms with van der Waals surface area (Å²) >= 11 is 3.28. The number of anilines is 1. The Morgan fingerprint density at radius 3 is 2.88 bits per heavy atom. The van der Waals surface area contributed by atoms with E-state index in [1.807, 2.05) is 6.92 Å². The highest BCUT2D eigenvalue weighted by molar-refractivity contribution is 9.10. The second-order valence-electron chi connectivity index (χ2n) is 3.39. The van der Waals surface area contributed by atoms with Crippen LogP contribution in [0.5, 0.6) is 0 Å². The third-order valence-corrected chi connectivity index (χ3v) is 2.95. The Balaban J connectivity index is 2.61. The van der Waals surface area contributed by atoms with Crippen molar-refractivity contribution in [2.45, 2.75) is 6.92 Å². The molecule has 0 bridgehead atoms. The van der Waals surface area contributed by atoms with E-state index >= 15 is 0 Å². The van der Waals surface area contributed by atoms with Crippen LogP contribution in [0, 0.1) is 5.82 Å². The first kappa shape index (κ1) is 13.0. The van der Waals surface area contributed by atoms with Crippen molar-refractivity contribution in [1.82, 2.24) is 4.90 Å². The Bertz CT molecular complexity index is 384. The van der Waals surface area contributed by atoms with Crippen LogP contribution in [0.25, 0.3) is 0 Å². The van der Waals surface area contributed by atoms with Crippen LogP contribution in [0.4, 0.5) is 10.1 Å². The van der Waals surface area contributed by atoms with Gasteiger partial charge in [0.05, 0.1) is 12.2 Å². The largest absolute Gasteiger partial charge is 0.375 e. The van der Waals surface area contributed by atoms with Crippen LogP contribution < -0.4 is 5.32 Å². The van der Waals surface area contributed by atoms with Crippen LogP contribution >= 0.6 is 15.9 Å². The molecule has 1 amide bonds. The standard InChI is InChI=1S/C11H14BrFN2O/c1-3-15(2)11(16)7-14-10-6-8(13)4-5-9(10)12/h4-6,14H,3,7H2,1-2H3. The first-order valence-electron chi connectivity index (χ1n) is 4.97. The lowest BCUT2D eigenvalue weighted by Crippen LogP contribution is -2.31. The lowest BCUT2D eigenvalue weighted by atomic mass is 10.3. The molecular formula is C11H14BrFN2O. The Morgan fingerprint density at radius 2 is 2.25 bits per heavy atom. The zero-order chi connectivity index (χ0) is 12.1. The normalized spacial score (nSPS) is 10.0. The first-order valence-corrected chi connectivity index (χ1v) is 5.76. The molecule has 0 unspecified atom stereocenters. The highest BCUT2D eigenvalue weighted by Crippen LogP contribution is 2.22. The number of likely N-dealkylation sites (N-methyl/N-ethyl adjacent to an activating group) is 1. The van der Waals surface area contributed by atoms with Crippen molar-refractivity contribution >= 4 is 27.5 Å². The molecule has 0 heterocycles. The predicted molar refractivity (Wildman–Crippen MR) is 65.9 cm³/mol. The van der Waals surface area contributed by atoms with Gasteiger partial charge in [-0.3, -0.25) is 4.79 Å². The summed E-state index contributed by atoms with van der Waals surface area (Å²) in [5, 5.41) is 2.89. The Kier molecular flexibility index (Phi) is 4.73. The number of rotatable bonds is 4. The minimum atomic E-state index is -0.331. The summed E-state index contributed by atoms with van der Waals surface area (Å²) in [5.41, 5.74) is 0.581. The van der Waals surface area contributed by atoms with E-state index in [2.05, 4.69) is 21.2 Å². The number of benzene rings is 1. The van der Waals surface area contributed by atoms with Gasteiger partial charge in [-0.1, -0.05) is 0 Å². The summed E-state index contributed by atoms with van der Waals surface area (Å²) in [6.45, 7) is 2.72. The lowest BCUT2D eigenvalue weighted by molar-refractivity contribution is -0.127. The molecule has 0 aliphatic carbocycles. The predicted octanol–water partition coefficient (Wildman–Crippen LogP) is 2.48. The first-order chi connectivity index (χ1) is 7.54. The van der Waals surface area contributed by atoms with E-state index in [9.17, 15) is 9.18 Å². The molecule has 0 saturated carbocycles. The van der Waals surface area contributed by atoms with E-state index in [1.165, 1.54) is 12.1 Å². The van der Waals surface area contributed by atoms with Crippen molar-refractivity contribution in [1.29, 1.82) is 0 Å². The summed E-state index contributed by atoms with van der Waals surface area (Å²) in [6.07, 6.45) is 0. The molecule has 0 aromatic heterocycles. The third kappa shape index (κ3) is 3.48. The average molecular weight is 289 g/mol. The average Bonchev–Trinajstić information content (AvgIpc) is 2.28. The molecule has 0 aliphatic rings. The van der Waals surface area contributed by atoms with Gasteiger partial charge in [-0.15, -0.1) is 0 Å². The number of nitrogens with one attached hydrogen (secondary N) is 1. The molecule has 1 aromatic carbocycles. The maximum Gasteiger partial charge on any atom is 0.241 e. The monoisotopic (exact) mass is 288 g/mol. The van der Waals surface area contributed by atoms with Crippen molar-refractivity contribution in [3.8, 4) is 0 Å². The number of amides is 1. The zero-order valence-electron chi connectivity index (χ0n) is 9.26. The summed E-state index contributed by atoms with van der Waals surface area (Å²) in [5.74, 6) is -0.361. The molecule has 5 heteroatoms. The number of halogens is 2. The number of hydrogen-bond acceptors (Lipinski definition) is 2. The topological polar surface area (TPSA) is 32.3 Å². The SMILES string of the molecule is CCN(C)C(=O)CNc1cc(F)ccc1Br. The molecule has 0 fully saturated rings. The van der Waals surface area contributed by atoms with Gasteiger partial charge in [-0.25, -0.2) is 4.39 Å². The summed E-state index contributed by atoms with van der Waals surface area (Å²) < 4.78 is 13.7. The van der Waals surface area contributed by atoms with E-state index in [-0.39, 0.29) is 18.3 Å².